The molecule has 6 N–H and O–H groups in total. The zero-order valence-electron chi connectivity index (χ0n) is 17.6. The Bertz CT molecular complexity index is 438. The van der Waals surface area contributed by atoms with E-state index in [2.05, 4.69) is 34.3 Å². The van der Waals surface area contributed by atoms with E-state index in [1.807, 2.05) is 0 Å². The molecule has 0 radical (unpaired) electrons. The van der Waals surface area contributed by atoms with Crippen molar-refractivity contribution < 1.29 is 11.0 Å². The largest absolute Gasteiger partial charge is 0.412 e. The molecule has 2 aliphatic heterocycles. The van der Waals surface area contributed by atoms with Gasteiger partial charge in [0.2, 0.25) is 0 Å². The zero-order valence-corrected chi connectivity index (χ0v) is 17.6. The predicted molar refractivity (Wildman–Crippen MR) is 112 cm³/mol. The Balaban J connectivity index is 0.00000131. The molecule has 2 bridgehead atoms. The zero-order chi connectivity index (χ0) is 17.2. The van der Waals surface area contributed by atoms with Gasteiger partial charge >= 0.3 is 0 Å². The van der Waals surface area contributed by atoms with Gasteiger partial charge in [-0.1, -0.05) is 25.7 Å². The Labute approximate surface area is 166 Å². The Morgan fingerprint density at radius 2 is 1.41 bits per heavy atom. The molecule has 4 fully saturated rings. The van der Waals surface area contributed by atoms with E-state index < -0.39 is 0 Å². The average molecular weight is 385 g/mol. The van der Waals surface area contributed by atoms with E-state index in [0.29, 0.717) is 18.1 Å². The summed E-state index contributed by atoms with van der Waals surface area (Å²) >= 11 is 0. The molecule has 0 amide bonds. The van der Waals surface area contributed by atoms with Crippen LogP contribution in [0.5, 0.6) is 0 Å². The van der Waals surface area contributed by atoms with E-state index in [1.54, 1.807) is 0 Å². The lowest BCUT2D eigenvalue weighted by Gasteiger charge is -2.52. The second kappa shape index (κ2) is 10.5. The summed E-state index contributed by atoms with van der Waals surface area (Å²) in [5, 5.41) is 7.99. The van der Waals surface area contributed by atoms with Crippen molar-refractivity contribution in [2.75, 3.05) is 19.8 Å². The highest BCUT2D eigenvalue weighted by Gasteiger charge is 2.39. The van der Waals surface area contributed by atoms with Crippen LogP contribution in [0, 0.1) is 0 Å². The molecule has 27 heavy (non-hydrogen) atoms. The first-order valence-electron chi connectivity index (χ1n) is 11.2. The van der Waals surface area contributed by atoms with Crippen molar-refractivity contribution in [2.24, 2.45) is 0 Å². The van der Waals surface area contributed by atoms with E-state index >= 15 is 0 Å². The third-order valence-electron chi connectivity index (χ3n) is 7.58. The van der Waals surface area contributed by atoms with Crippen LogP contribution in [-0.2, 0) is 0 Å². The molecule has 4 rings (SSSR count). The molecule has 2 heterocycles. The van der Waals surface area contributed by atoms with Crippen LogP contribution in [0.2, 0.25) is 0 Å². The summed E-state index contributed by atoms with van der Waals surface area (Å²) in [6.07, 6.45) is 13.9. The number of fused-ring (bicyclic) bond motifs is 6. The second-order valence-electron chi connectivity index (χ2n) is 9.33. The van der Waals surface area contributed by atoms with Crippen molar-refractivity contribution in [3.05, 3.63) is 0 Å². The van der Waals surface area contributed by atoms with Crippen LogP contribution in [0.3, 0.4) is 0 Å². The maximum Gasteiger partial charge on any atom is 0.0515 e. The molecule has 2 saturated carbocycles. The number of rotatable bonds is 0. The van der Waals surface area contributed by atoms with Gasteiger partial charge in [0.15, 0.2) is 0 Å². The first-order chi connectivity index (χ1) is 12.2. The summed E-state index contributed by atoms with van der Waals surface area (Å²) in [7, 11) is 0. The lowest BCUT2D eigenvalue weighted by atomic mass is 9.85. The highest BCUT2D eigenvalue weighted by Crippen LogP contribution is 2.32. The fourth-order valence-corrected chi connectivity index (χ4v) is 6.06. The van der Waals surface area contributed by atoms with Crippen LogP contribution >= 0.6 is 0 Å². The lowest BCUT2D eigenvalue weighted by molar-refractivity contribution is -0.0428. The van der Waals surface area contributed by atoms with Crippen LogP contribution in [0.4, 0.5) is 0 Å². The smallest absolute Gasteiger partial charge is 0.0515 e. The molecule has 4 aliphatic rings. The number of hydrogen-bond acceptors (Lipinski definition) is 4. The maximum absolute atomic E-state index is 4.02. The van der Waals surface area contributed by atoms with Crippen LogP contribution in [0.25, 0.3) is 0 Å². The highest BCUT2D eigenvalue weighted by molar-refractivity contribution is 4.96. The number of hydrogen-bond donors (Lipinski definition) is 2. The molecule has 2 unspecified atom stereocenters. The Hall–Kier alpha value is -0.240. The molecule has 160 valence electrons. The molecule has 0 aromatic rings. The summed E-state index contributed by atoms with van der Waals surface area (Å²) in [4.78, 5) is 5.74. The van der Waals surface area contributed by atoms with Gasteiger partial charge in [-0.15, -0.1) is 0 Å². The quantitative estimate of drug-likeness (QED) is 0.658. The van der Waals surface area contributed by atoms with E-state index in [4.69, 9.17) is 0 Å². The lowest BCUT2D eigenvalue weighted by Crippen LogP contribution is -2.65. The topological polar surface area (TPSA) is 93.5 Å². The van der Waals surface area contributed by atoms with Gasteiger partial charge in [0.25, 0.3) is 0 Å². The Kier molecular flexibility index (Phi) is 8.97. The van der Waals surface area contributed by atoms with Crippen LogP contribution < -0.4 is 10.6 Å². The van der Waals surface area contributed by atoms with Crippen molar-refractivity contribution in [2.45, 2.75) is 114 Å². The van der Waals surface area contributed by atoms with Crippen molar-refractivity contribution in [1.82, 2.24) is 20.4 Å². The summed E-state index contributed by atoms with van der Waals surface area (Å²) in [6, 6.07) is 4.34. The summed E-state index contributed by atoms with van der Waals surface area (Å²) < 4.78 is 0. The van der Waals surface area contributed by atoms with Crippen molar-refractivity contribution in [1.29, 1.82) is 0 Å². The Morgan fingerprint density at radius 1 is 0.741 bits per heavy atom. The third kappa shape index (κ3) is 5.22. The summed E-state index contributed by atoms with van der Waals surface area (Å²) in [5.74, 6) is 0. The molecule has 0 spiro atoms. The molecule has 0 aromatic heterocycles. The van der Waals surface area contributed by atoms with Crippen molar-refractivity contribution in [3.8, 4) is 0 Å². The predicted octanol–water partition coefficient (Wildman–Crippen LogP) is 1.28. The van der Waals surface area contributed by atoms with Crippen LogP contribution in [0.1, 0.15) is 78.1 Å². The average Bonchev–Trinajstić information content (AvgIpc) is 2.62. The van der Waals surface area contributed by atoms with E-state index in [1.165, 1.54) is 84.0 Å². The van der Waals surface area contributed by atoms with Gasteiger partial charge in [-0.25, -0.2) is 0 Å². The second-order valence-corrected chi connectivity index (χ2v) is 9.33. The third-order valence-corrected chi connectivity index (χ3v) is 7.58. The van der Waals surface area contributed by atoms with E-state index in [-0.39, 0.29) is 11.0 Å². The fraction of sp³-hybridized carbons (Fsp3) is 1.00. The van der Waals surface area contributed by atoms with Crippen molar-refractivity contribution in [3.63, 3.8) is 0 Å². The van der Waals surface area contributed by atoms with Gasteiger partial charge in [0.05, 0.1) is 6.67 Å². The molecule has 6 heteroatoms. The SMILES string of the molecule is C[C@@H]1CCN2CN1[C@@H]1CCCC[C@H]1NCC[C@H](C)N[C@H]1CCCC[C@@H]12.O.O. The first-order valence-corrected chi connectivity index (χ1v) is 11.2. The fourth-order valence-electron chi connectivity index (χ4n) is 6.06. The van der Waals surface area contributed by atoms with Crippen LogP contribution in [0.15, 0.2) is 0 Å². The minimum atomic E-state index is 0. The minimum Gasteiger partial charge on any atom is -0.412 e. The summed E-state index contributed by atoms with van der Waals surface area (Å²) in [6.45, 7) is 8.58. The molecule has 6 nitrogen and oxygen atoms in total. The van der Waals surface area contributed by atoms with Gasteiger partial charge in [-0.2, -0.15) is 0 Å². The highest BCUT2D eigenvalue weighted by atomic mass is 16.0. The molecular weight excluding hydrogens is 340 g/mol. The molecule has 8 atom stereocenters. The van der Waals surface area contributed by atoms with Gasteiger partial charge in [-0.3, -0.25) is 9.80 Å². The van der Waals surface area contributed by atoms with Crippen molar-refractivity contribution >= 4 is 0 Å². The van der Waals surface area contributed by atoms with Gasteiger partial charge in [0, 0.05) is 42.8 Å². The maximum atomic E-state index is 4.02. The minimum absolute atomic E-state index is 0. The standard InChI is InChI=1S/C21H40N4.2H2O/c1-16-11-13-22-18-7-3-6-10-21(18)25-15-24(14-12-17(25)2)20-9-5-4-8-19(20)23-16;;/h16-23H,3-15H2,1-2H3;2*1H2/t16-,17+,18+,19-,20-,21+;;/m0../s1. The number of nitrogens with zero attached hydrogens (tertiary/aromatic N) is 2. The van der Waals surface area contributed by atoms with Gasteiger partial charge in [0.1, 0.15) is 0 Å². The molecule has 0 aromatic carbocycles. The monoisotopic (exact) mass is 384 g/mol. The number of nitrogens with one attached hydrogen (secondary N) is 2. The molecule has 2 saturated heterocycles. The molecule has 2 aliphatic carbocycles. The molecular formula is C21H44N4O2. The Morgan fingerprint density at radius 3 is 2.19 bits per heavy atom. The first kappa shape index (κ1) is 23.0. The van der Waals surface area contributed by atoms with Gasteiger partial charge in [-0.05, 0) is 58.9 Å². The van der Waals surface area contributed by atoms with E-state index in [9.17, 15) is 0 Å². The van der Waals surface area contributed by atoms with E-state index in [0.717, 1.165) is 18.1 Å². The normalized spacial score (nSPS) is 45.6. The van der Waals surface area contributed by atoms with Crippen LogP contribution in [-0.4, -0.2) is 76.8 Å². The van der Waals surface area contributed by atoms with Gasteiger partial charge < -0.3 is 21.6 Å². The summed E-state index contributed by atoms with van der Waals surface area (Å²) in [5.41, 5.74) is 0.